The van der Waals surface area contributed by atoms with E-state index in [-0.39, 0.29) is 11.8 Å². The van der Waals surface area contributed by atoms with Gasteiger partial charge in [-0.15, -0.1) is 0 Å². The Morgan fingerprint density at radius 2 is 1.81 bits per heavy atom. The maximum Gasteiger partial charge on any atom is 0.236 e. The first kappa shape index (κ1) is 22.6. The van der Waals surface area contributed by atoms with Crippen molar-refractivity contribution in [1.82, 2.24) is 9.21 Å². The number of fused-ring (bicyclic) bond motifs is 1. The van der Waals surface area contributed by atoms with Crippen LogP contribution in [-0.2, 0) is 27.8 Å². The summed E-state index contributed by atoms with van der Waals surface area (Å²) in [6, 6.07) is 15.5. The van der Waals surface area contributed by atoms with E-state index in [1.54, 1.807) is 6.08 Å². The van der Waals surface area contributed by atoms with E-state index in [0.29, 0.717) is 45.6 Å². The average Bonchev–Trinajstić information content (AvgIpc) is 2.83. The Morgan fingerprint density at radius 3 is 2.53 bits per heavy atom. The first-order valence-corrected chi connectivity index (χ1v) is 12.7. The molecule has 0 unspecified atom stereocenters. The van der Waals surface area contributed by atoms with Gasteiger partial charge in [-0.1, -0.05) is 36.4 Å². The van der Waals surface area contributed by atoms with Gasteiger partial charge in [0.1, 0.15) is 5.75 Å². The average molecular weight is 455 g/mol. The van der Waals surface area contributed by atoms with E-state index in [0.717, 1.165) is 23.3 Å². The molecule has 2 aromatic carbocycles. The van der Waals surface area contributed by atoms with Gasteiger partial charge in [-0.2, -0.15) is 4.31 Å². The number of carbonyl (C=O) groups excluding carboxylic acids is 1. The Labute approximate surface area is 190 Å². The molecule has 0 spiro atoms. The van der Waals surface area contributed by atoms with Crippen LogP contribution in [0.2, 0.25) is 0 Å². The van der Waals surface area contributed by atoms with Crippen molar-refractivity contribution < 1.29 is 17.9 Å². The fraction of sp³-hybridized carbons (Fsp3) is 0.400. The van der Waals surface area contributed by atoms with Crippen molar-refractivity contribution in [3.63, 3.8) is 0 Å². The van der Waals surface area contributed by atoms with Crippen LogP contribution < -0.4 is 4.74 Å². The van der Waals surface area contributed by atoms with Gasteiger partial charge in [0.05, 0.1) is 6.61 Å². The number of carbonyl (C=O) groups is 1. The molecule has 2 aromatic rings. The number of amides is 1. The van der Waals surface area contributed by atoms with Gasteiger partial charge in [-0.25, -0.2) is 8.42 Å². The predicted molar refractivity (Wildman–Crippen MR) is 125 cm³/mol. The van der Waals surface area contributed by atoms with E-state index in [4.69, 9.17) is 4.74 Å². The van der Waals surface area contributed by atoms with E-state index in [2.05, 4.69) is 6.07 Å². The molecule has 2 aliphatic heterocycles. The van der Waals surface area contributed by atoms with Crippen molar-refractivity contribution in [1.29, 1.82) is 0 Å². The zero-order valence-corrected chi connectivity index (χ0v) is 19.3. The van der Waals surface area contributed by atoms with Crippen LogP contribution in [0.5, 0.6) is 5.75 Å². The van der Waals surface area contributed by atoms with Crippen molar-refractivity contribution >= 4 is 22.0 Å². The van der Waals surface area contributed by atoms with Crippen LogP contribution in [0.3, 0.4) is 0 Å². The number of ether oxygens (including phenoxy) is 1. The zero-order chi connectivity index (χ0) is 22.6. The molecule has 2 aliphatic rings. The molecular weight excluding hydrogens is 424 g/mol. The number of sulfonamides is 1. The second kappa shape index (κ2) is 9.88. The van der Waals surface area contributed by atoms with Gasteiger partial charge in [-0.05, 0) is 61.1 Å². The van der Waals surface area contributed by atoms with Crippen LogP contribution in [-0.4, -0.2) is 49.8 Å². The lowest BCUT2D eigenvalue weighted by Gasteiger charge is -2.35. The Kier molecular flexibility index (Phi) is 6.96. The molecule has 0 aromatic heterocycles. The lowest BCUT2D eigenvalue weighted by Crippen LogP contribution is -2.45. The van der Waals surface area contributed by atoms with Gasteiger partial charge in [0.15, 0.2) is 0 Å². The summed E-state index contributed by atoms with van der Waals surface area (Å²) < 4.78 is 32.5. The van der Waals surface area contributed by atoms with E-state index in [1.807, 2.05) is 54.3 Å². The minimum Gasteiger partial charge on any atom is -0.494 e. The molecule has 0 atom stereocenters. The van der Waals surface area contributed by atoms with Crippen molar-refractivity contribution in [3.8, 4) is 5.75 Å². The van der Waals surface area contributed by atoms with E-state index < -0.39 is 10.0 Å². The van der Waals surface area contributed by atoms with Crippen molar-refractivity contribution in [2.45, 2.75) is 32.7 Å². The fourth-order valence-electron chi connectivity index (χ4n) is 4.41. The Hall–Kier alpha value is -2.64. The van der Waals surface area contributed by atoms with Crippen molar-refractivity contribution in [2.24, 2.45) is 5.92 Å². The van der Waals surface area contributed by atoms with Crippen LogP contribution in [0.4, 0.5) is 0 Å². The topological polar surface area (TPSA) is 66.9 Å². The van der Waals surface area contributed by atoms with Gasteiger partial charge in [0.2, 0.25) is 15.9 Å². The van der Waals surface area contributed by atoms with E-state index in [9.17, 15) is 13.2 Å². The molecule has 1 amide bonds. The monoisotopic (exact) mass is 454 g/mol. The number of hydrogen-bond donors (Lipinski definition) is 0. The SMILES string of the molecule is CCOc1ccc2c(c1)CN(C(=O)C1CCN(S(=O)(=O)/C=C/c3ccccc3)CC1)CC2. The summed E-state index contributed by atoms with van der Waals surface area (Å²) in [7, 11) is -3.49. The highest BCUT2D eigenvalue weighted by molar-refractivity contribution is 7.92. The Bertz CT molecular complexity index is 1070. The third-order valence-electron chi connectivity index (χ3n) is 6.21. The molecule has 0 bridgehead atoms. The third kappa shape index (κ3) is 5.22. The Morgan fingerprint density at radius 1 is 1.06 bits per heavy atom. The summed E-state index contributed by atoms with van der Waals surface area (Å²) in [5, 5.41) is 1.27. The van der Waals surface area contributed by atoms with E-state index >= 15 is 0 Å². The lowest BCUT2D eigenvalue weighted by atomic mass is 9.93. The summed E-state index contributed by atoms with van der Waals surface area (Å²) in [6.45, 7) is 4.61. The van der Waals surface area contributed by atoms with Crippen LogP contribution in [0.15, 0.2) is 53.9 Å². The molecule has 4 rings (SSSR count). The molecule has 7 heteroatoms. The molecule has 1 saturated heterocycles. The molecule has 0 N–H and O–H groups in total. The smallest absolute Gasteiger partial charge is 0.236 e. The van der Waals surface area contributed by atoms with E-state index in [1.165, 1.54) is 15.3 Å². The molecule has 1 fully saturated rings. The number of benzene rings is 2. The summed E-state index contributed by atoms with van der Waals surface area (Å²) in [6.07, 6.45) is 3.57. The number of piperidine rings is 1. The summed E-state index contributed by atoms with van der Waals surface area (Å²) in [4.78, 5) is 15.1. The number of nitrogens with zero attached hydrogens (tertiary/aromatic N) is 2. The van der Waals surface area contributed by atoms with Crippen LogP contribution >= 0.6 is 0 Å². The molecule has 6 nitrogen and oxygen atoms in total. The van der Waals surface area contributed by atoms with Crippen molar-refractivity contribution in [3.05, 3.63) is 70.6 Å². The first-order valence-electron chi connectivity index (χ1n) is 11.2. The molecular formula is C25H30N2O4S. The lowest BCUT2D eigenvalue weighted by molar-refractivity contribution is -0.137. The standard InChI is InChI=1S/C25H30N2O4S/c1-2-31-24-9-8-21-10-14-26(19-23(21)18-24)25(28)22-11-15-27(16-12-22)32(29,30)17-13-20-6-4-3-5-7-20/h3-9,13,17-18,22H,2,10-12,14-16,19H2,1H3/b17-13+. The summed E-state index contributed by atoms with van der Waals surface area (Å²) in [5.41, 5.74) is 3.25. The molecule has 0 saturated carbocycles. The molecule has 170 valence electrons. The minimum absolute atomic E-state index is 0.129. The highest BCUT2D eigenvalue weighted by Crippen LogP contribution is 2.28. The highest BCUT2D eigenvalue weighted by atomic mass is 32.2. The predicted octanol–water partition coefficient (Wildman–Crippen LogP) is 3.68. The summed E-state index contributed by atoms with van der Waals surface area (Å²) in [5.74, 6) is 0.841. The van der Waals surface area contributed by atoms with Gasteiger partial charge in [0, 0.05) is 37.5 Å². The van der Waals surface area contributed by atoms with Gasteiger partial charge < -0.3 is 9.64 Å². The minimum atomic E-state index is -3.49. The quantitative estimate of drug-likeness (QED) is 0.668. The van der Waals surface area contributed by atoms with Gasteiger partial charge >= 0.3 is 0 Å². The molecule has 32 heavy (non-hydrogen) atoms. The molecule has 2 heterocycles. The zero-order valence-electron chi connectivity index (χ0n) is 18.4. The first-order chi connectivity index (χ1) is 15.5. The number of rotatable bonds is 6. The van der Waals surface area contributed by atoms with Crippen LogP contribution in [0.25, 0.3) is 6.08 Å². The summed E-state index contributed by atoms with van der Waals surface area (Å²) >= 11 is 0. The normalized spacial score (nSPS) is 18.0. The van der Waals surface area contributed by atoms with Crippen LogP contribution in [0, 0.1) is 5.92 Å². The van der Waals surface area contributed by atoms with Crippen molar-refractivity contribution in [2.75, 3.05) is 26.2 Å². The fourth-order valence-corrected chi connectivity index (χ4v) is 5.63. The van der Waals surface area contributed by atoms with Gasteiger partial charge in [-0.3, -0.25) is 4.79 Å². The number of hydrogen-bond acceptors (Lipinski definition) is 4. The highest BCUT2D eigenvalue weighted by Gasteiger charge is 2.33. The van der Waals surface area contributed by atoms with Gasteiger partial charge in [0.25, 0.3) is 0 Å². The molecule has 0 aliphatic carbocycles. The second-order valence-electron chi connectivity index (χ2n) is 8.31. The Balaban J connectivity index is 1.34. The van der Waals surface area contributed by atoms with Crippen LogP contribution in [0.1, 0.15) is 36.5 Å². The maximum atomic E-state index is 13.2. The maximum absolute atomic E-state index is 13.2. The largest absolute Gasteiger partial charge is 0.494 e. The molecule has 0 radical (unpaired) electrons. The second-order valence-corrected chi connectivity index (χ2v) is 10.1. The third-order valence-corrected chi connectivity index (χ3v) is 7.77.